The van der Waals surface area contributed by atoms with Gasteiger partial charge in [-0.25, -0.2) is 0 Å². The highest BCUT2D eigenvalue weighted by atomic mass is 16.5. The van der Waals surface area contributed by atoms with E-state index in [1.165, 1.54) is 0 Å². The molecule has 4 N–H and O–H groups in total. The van der Waals surface area contributed by atoms with E-state index in [1.54, 1.807) is 31.2 Å². The van der Waals surface area contributed by atoms with E-state index in [2.05, 4.69) is 10.6 Å². The molecule has 0 unspecified atom stereocenters. The Morgan fingerprint density at radius 2 is 1.68 bits per heavy atom. The summed E-state index contributed by atoms with van der Waals surface area (Å²) in [4.78, 5) is 35.2. The first-order chi connectivity index (χ1) is 13.6. The fraction of sp³-hybridized carbons (Fsp3) is 0.421. The second kappa shape index (κ2) is 11.2. The van der Waals surface area contributed by atoms with Gasteiger partial charge in [0.15, 0.2) is 5.75 Å². The summed E-state index contributed by atoms with van der Waals surface area (Å²) in [6.07, 6.45) is 0. The van der Waals surface area contributed by atoms with Crippen LogP contribution in [-0.4, -0.2) is 52.0 Å². The highest BCUT2D eigenvalue weighted by Crippen LogP contribution is 2.22. The number of hydrogen-bond acceptors (Lipinski definition) is 8. The van der Waals surface area contributed by atoms with E-state index in [-0.39, 0.29) is 17.3 Å². The molecule has 0 heterocycles. The van der Waals surface area contributed by atoms with Crippen LogP contribution in [0.5, 0.6) is 5.75 Å². The number of benzene rings is 1. The number of anilines is 2. The average Bonchev–Trinajstić information content (AvgIpc) is 2.72. The molecule has 0 saturated carbocycles. The highest BCUT2D eigenvalue weighted by Gasteiger charge is 2.22. The van der Waals surface area contributed by atoms with Gasteiger partial charge >= 0.3 is 0 Å². The quantitative estimate of drug-likeness (QED) is 0.325. The van der Waals surface area contributed by atoms with Gasteiger partial charge in [0.05, 0.1) is 33.0 Å². The molecule has 0 radical (unpaired) electrons. The molecule has 0 aliphatic carbocycles. The Balaban J connectivity index is 1.76. The number of nitrogens with one attached hydrogen (secondary N) is 2. The van der Waals surface area contributed by atoms with Crippen molar-refractivity contribution in [3.8, 4) is 5.75 Å². The summed E-state index contributed by atoms with van der Waals surface area (Å²) in [6, 6.07) is 6.52. The topological polar surface area (TPSA) is 129 Å². The van der Waals surface area contributed by atoms with Crippen LogP contribution in [0.2, 0.25) is 0 Å². The lowest BCUT2D eigenvalue weighted by Crippen LogP contribution is -2.35. The molecule has 0 atom stereocenters. The summed E-state index contributed by atoms with van der Waals surface area (Å²) in [7, 11) is 0. The maximum absolute atomic E-state index is 12.1. The van der Waals surface area contributed by atoms with Crippen LogP contribution in [0.15, 0.2) is 33.9 Å². The predicted molar refractivity (Wildman–Crippen MR) is 105 cm³/mol. The molecule has 0 spiro atoms. The van der Waals surface area contributed by atoms with Crippen LogP contribution < -0.4 is 32.0 Å². The van der Waals surface area contributed by atoms with Crippen LogP contribution in [0, 0.1) is 0 Å². The van der Waals surface area contributed by atoms with Crippen molar-refractivity contribution in [1.82, 2.24) is 5.32 Å². The third-order valence-electron chi connectivity index (χ3n) is 3.74. The van der Waals surface area contributed by atoms with E-state index in [4.69, 9.17) is 19.9 Å². The van der Waals surface area contributed by atoms with Gasteiger partial charge in [0.25, 0.3) is 16.8 Å². The average molecular weight is 391 g/mol. The Labute approximate surface area is 162 Å². The van der Waals surface area contributed by atoms with Crippen molar-refractivity contribution in [3.05, 3.63) is 50.3 Å². The van der Waals surface area contributed by atoms with Crippen molar-refractivity contribution in [2.75, 3.05) is 51.4 Å². The van der Waals surface area contributed by atoms with Crippen molar-refractivity contribution in [3.63, 3.8) is 0 Å². The third kappa shape index (κ3) is 5.88. The van der Waals surface area contributed by atoms with Crippen LogP contribution in [0.4, 0.5) is 11.4 Å². The van der Waals surface area contributed by atoms with Gasteiger partial charge in [-0.05, 0) is 31.2 Å². The van der Waals surface area contributed by atoms with E-state index >= 15 is 0 Å². The molecule has 0 fully saturated rings. The second-order valence-electron chi connectivity index (χ2n) is 5.77. The van der Waals surface area contributed by atoms with Gasteiger partial charge in [-0.3, -0.25) is 14.4 Å². The van der Waals surface area contributed by atoms with Crippen molar-refractivity contribution >= 4 is 17.3 Å². The van der Waals surface area contributed by atoms with Crippen molar-refractivity contribution in [2.24, 2.45) is 5.73 Å². The van der Waals surface area contributed by atoms with Gasteiger partial charge < -0.3 is 30.6 Å². The van der Waals surface area contributed by atoms with Gasteiger partial charge in [-0.1, -0.05) is 0 Å². The van der Waals surface area contributed by atoms with Crippen LogP contribution in [0.3, 0.4) is 0 Å². The summed E-state index contributed by atoms with van der Waals surface area (Å²) in [5.74, 6) is -0.193. The Bertz CT molecular complexity index is 827. The van der Waals surface area contributed by atoms with Crippen LogP contribution >= 0.6 is 0 Å². The number of ether oxygens (including phenoxy) is 3. The minimum Gasteiger partial charge on any atom is -0.488 e. The van der Waals surface area contributed by atoms with Gasteiger partial charge in [-0.15, -0.1) is 0 Å². The summed E-state index contributed by atoms with van der Waals surface area (Å²) < 4.78 is 15.7. The summed E-state index contributed by atoms with van der Waals surface area (Å²) >= 11 is 0. The number of carbonyl (C=O) groups is 1. The number of hydrogen-bond donors (Lipinski definition) is 3. The molecular formula is C19H25N3O6. The third-order valence-corrected chi connectivity index (χ3v) is 3.74. The smallest absolute Gasteiger partial charge is 0.272 e. The number of amides is 1. The largest absolute Gasteiger partial charge is 0.488 e. The zero-order valence-electron chi connectivity index (χ0n) is 15.8. The van der Waals surface area contributed by atoms with E-state index < -0.39 is 10.9 Å². The molecule has 28 heavy (non-hydrogen) atoms. The van der Waals surface area contributed by atoms with E-state index in [0.29, 0.717) is 57.4 Å². The van der Waals surface area contributed by atoms with Gasteiger partial charge in [-0.2, -0.15) is 0 Å². The molecule has 2 aromatic carbocycles. The van der Waals surface area contributed by atoms with Crippen molar-refractivity contribution < 1.29 is 19.0 Å². The molecule has 1 amide bonds. The summed E-state index contributed by atoms with van der Waals surface area (Å²) in [5, 5.41) is 5.60. The molecule has 2 aromatic rings. The number of carbonyl (C=O) groups excluding carboxylic acids is 1. The molecule has 9 nitrogen and oxygen atoms in total. The SMILES string of the molecule is CCOc1c(Nc2ccc(C(=O)NCCOCCOCCN)cc2)c(=O)c1=O. The Morgan fingerprint density at radius 3 is 2.32 bits per heavy atom. The lowest BCUT2D eigenvalue weighted by atomic mass is 10.1. The van der Waals surface area contributed by atoms with Crippen LogP contribution in [0.1, 0.15) is 17.3 Å². The number of rotatable bonds is 13. The van der Waals surface area contributed by atoms with E-state index in [0.717, 1.165) is 0 Å². The zero-order chi connectivity index (χ0) is 20.4. The maximum atomic E-state index is 12.1. The standard InChI is InChI=1S/C19H25N3O6/c1-2-28-18-15(16(23)17(18)24)22-14-5-3-13(4-6-14)19(25)21-8-10-27-12-11-26-9-7-20/h3-6,22H,2,7-12,20H2,1H3,(H,21,25). The Morgan fingerprint density at radius 1 is 1.00 bits per heavy atom. The molecule has 9 heteroatoms. The number of nitrogens with two attached hydrogens (primary N) is 1. The maximum Gasteiger partial charge on any atom is 0.272 e. The minimum absolute atomic E-state index is 0.0442. The monoisotopic (exact) mass is 391 g/mol. The highest BCUT2D eigenvalue weighted by molar-refractivity contribution is 5.94. The normalized spacial score (nSPS) is 10.8. The minimum atomic E-state index is -0.631. The second-order valence-corrected chi connectivity index (χ2v) is 5.77. The van der Waals surface area contributed by atoms with Gasteiger partial charge in [0, 0.05) is 24.3 Å². The first-order valence-corrected chi connectivity index (χ1v) is 9.05. The fourth-order valence-electron chi connectivity index (χ4n) is 2.36. The Hall–Kier alpha value is -2.75. The van der Waals surface area contributed by atoms with Crippen molar-refractivity contribution in [2.45, 2.75) is 6.92 Å². The van der Waals surface area contributed by atoms with Crippen molar-refractivity contribution in [1.29, 1.82) is 0 Å². The van der Waals surface area contributed by atoms with Crippen LogP contribution in [0.25, 0.3) is 0 Å². The lowest BCUT2D eigenvalue weighted by Gasteiger charge is -2.13. The molecule has 152 valence electrons. The van der Waals surface area contributed by atoms with E-state index in [9.17, 15) is 14.4 Å². The summed E-state index contributed by atoms with van der Waals surface area (Å²) in [6.45, 7) is 4.66. The first-order valence-electron chi connectivity index (χ1n) is 9.05. The molecule has 0 saturated heterocycles. The zero-order valence-corrected chi connectivity index (χ0v) is 15.8. The van der Waals surface area contributed by atoms with Gasteiger partial charge in [0.2, 0.25) is 0 Å². The van der Waals surface area contributed by atoms with Gasteiger partial charge in [0.1, 0.15) is 5.69 Å². The molecule has 0 aliphatic heterocycles. The molecular weight excluding hydrogens is 366 g/mol. The fourth-order valence-corrected chi connectivity index (χ4v) is 2.36. The Kier molecular flexibility index (Phi) is 8.60. The first kappa shape index (κ1) is 21.5. The molecule has 0 aliphatic rings. The molecule has 0 aromatic heterocycles. The predicted octanol–water partition coefficient (Wildman–Crippen LogP) is 0.147. The molecule has 2 rings (SSSR count). The lowest BCUT2D eigenvalue weighted by molar-refractivity contribution is 0.0511. The van der Waals surface area contributed by atoms with Crippen LogP contribution in [-0.2, 0) is 9.47 Å². The van der Waals surface area contributed by atoms with E-state index in [1.807, 2.05) is 0 Å². The summed E-state index contributed by atoms with van der Waals surface area (Å²) in [5.41, 5.74) is 5.23. The molecule has 0 bridgehead atoms.